The van der Waals surface area contributed by atoms with E-state index in [1.807, 2.05) is 67.6 Å². The third kappa shape index (κ3) is 4.13. The smallest absolute Gasteiger partial charge is 0.277 e. The van der Waals surface area contributed by atoms with Crippen molar-refractivity contribution in [3.05, 3.63) is 71.8 Å². The van der Waals surface area contributed by atoms with Gasteiger partial charge in [0.2, 0.25) is 11.8 Å². The molecule has 29 heavy (non-hydrogen) atoms. The second-order valence-electron chi connectivity index (χ2n) is 6.28. The largest absolute Gasteiger partial charge is 0.411 e. The number of amides is 1. The summed E-state index contributed by atoms with van der Waals surface area (Å²) >= 11 is 7.40. The zero-order valence-electron chi connectivity index (χ0n) is 15.7. The fourth-order valence-electron chi connectivity index (χ4n) is 3.14. The fraction of sp³-hybridized carbons (Fsp3) is 0.136. The molecule has 4 rings (SSSR count). The molecule has 0 radical (unpaired) electrons. The summed E-state index contributed by atoms with van der Waals surface area (Å²) in [6.07, 6.45) is 0. The van der Waals surface area contributed by atoms with Crippen molar-refractivity contribution in [1.29, 1.82) is 0 Å². The number of rotatable bonds is 6. The zero-order valence-corrected chi connectivity index (χ0v) is 17.3. The summed E-state index contributed by atoms with van der Waals surface area (Å²) in [7, 11) is 0. The summed E-state index contributed by atoms with van der Waals surface area (Å²) in [5.74, 6) is 0.514. The maximum atomic E-state index is 12.9. The molecule has 146 valence electrons. The Bertz CT molecular complexity index is 1160. The summed E-state index contributed by atoms with van der Waals surface area (Å²) in [5, 5.41) is 11.1. The number of benzene rings is 3. The first kappa shape index (κ1) is 19.5. The molecule has 1 aromatic heterocycles. The van der Waals surface area contributed by atoms with Crippen molar-refractivity contribution in [3.8, 4) is 11.5 Å². The van der Waals surface area contributed by atoms with E-state index in [9.17, 15) is 4.79 Å². The number of nitrogens with zero attached hydrogens (tertiary/aromatic N) is 3. The SMILES string of the molecule is CCN(C(=O)CSc1nnc(-c2ccccc2Cl)o1)c1cccc2ccccc12. The van der Waals surface area contributed by atoms with Crippen LogP contribution in [0, 0.1) is 0 Å². The average molecular weight is 424 g/mol. The standard InChI is InChI=1S/C22H18ClN3O2S/c1-2-26(19-13-7-9-15-8-3-4-10-16(15)19)20(27)14-29-22-25-24-21(28-22)17-11-5-6-12-18(17)23/h3-13H,2,14H2,1H3. The predicted octanol–water partition coefficient (Wildman–Crippen LogP) is 5.69. The molecule has 3 aromatic carbocycles. The van der Waals surface area contributed by atoms with E-state index >= 15 is 0 Å². The minimum atomic E-state index is -0.0219. The van der Waals surface area contributed by atoms with E-state index in [0.29, 0.717) is 28.2 Å². The normalized spacial score (nSPS) is 11.0. The van der Waals surface area contributed by atoms with Crippen LogP contribution in [0.3, 0.4) is 0 Å². The van der Waals surface area contributed by atoms with Gasteiger partial charge in [-0.05, 0) is 30.5 Å². The maximum absolute atomic E-state index is 12.9. The van der Waals surface area contributed by atoms with Crippen LogP contribution in [0.2, 0.25) is 5.02 Å². The number of anilines is 1. The number of aromatic nitrogens is 2. The van der Waals surface area contributed by atoms with Gasteiger partial charge in [-0.15, -0.1) is 10.2 Å². The molecule has 0 N–H and O–H groups in total. The Kier molecular flexibility index (Phi) is 5.83. The zero-order chi connectivity index (χ0) is 20.2. The van der Waals surface area contributed by atoms with Crippen molar-refractivity contribution in [1.82, 2.24) is 10.2 Å². The lowest BCUT2D eigenvalue weighted by molar-refractivity contribution is -0.116. The van der Waals surface area contributed by atoms with Gasteiger partial charge < -0.3 is 9.32 Å². The molecule has 4 aromatic rings. The number of fused-ring (bicyclic) bond motifs is 1. The highest BCUT2D eigenvalue weighted by atomic mass is 35.5. The summed E-state index contributed by atoms with van der Waals surface area (Å²) in [4.78, 5) is 14.7. The molecule has 0 aliphatic rings. The molecule has 7 heteroatoms. The molecule has 0 saturated heterocycles. The minimum absolute atomic E-state index is 0.0219. The number of halogens is 1. The van der Waals surface area contributed by atoms with E-state index in [1.54, 1.807) is 11.0 Å². The molecule has 0 atom stereocenters. The summed E-state index contributed by atoms with van der Waals surface area (Å²) in [6, 6.07) is 21.3. The highest BCUT2D eigenvalue weighted by molar-refractivity contribution is 7.99. The molecule has 5 nitrogen and oxygen atoms in total. The van der Waals surface area contributed by atoms with Gasteiger partial charge in [0, 0.05) is 11.9 Å². The van der Waals surface area contributed by atoms with Crippen LogP contribution in [0.15, 0.2) is 76.4 Å². The van der Waals surface area contributed by atoms with E-state index in [4.69, 9.17) is 16.0 Å². The molecule has 0 saturated carbocycles. The lowest BCUT2D eigenvalue weighted by atomic mass is 10.1. The minimum Gasteiger partial charge on any atom is -0.411 e. The molecule has 0 unspecified atom stereocenters. The Morgan fingerprint density at radius 2 is 1.79 bits per heavy atom. The van der Waals surface area contributed by atoms with Crippen molar-refractivity contribution in [3.63, 3.8) is 0 Å². The second-order valence-corrected chi connectivity index (χ2v) is 7.61. The first-order chi connectivity index (χ1) is 14.2. The van der Waals surface area contributed by atoms with E-state index < -0.39 is 0 Å². The Labute approximate surface area is 177 Å². The van der Waals surface area contributed by atoms with Crippen LogP contribution in [0.4, 0.5) is 5.69 Å². The number of thioether (sulfide) groups is 1. The van der Waals surface area contributed by atoms with Gasteiger partial charge in [-0.2, -0.15) is 0 Å². The van der Waals surface area contributed by atoms with Gasteiger partial charge in [-0.25, -0.2) is 0 Å². The van der Waals surface area contributed by atoms with Crippen molar-refractivity contribution < 1.29 is 9.21 Å². The Hall–Kier alpha value is -2.83. The maximum Gasteiger partial charge on any atom is 0.277 e. The topological polar surface area (TPSA) is 59.2 Å². The molecule has 1 amide bonds. The monoisotopic (exact) mass is 423 g/mol. The van der Waals surface area contributed by atoms with Gasteiger partial charge in [0.15, 0.2) is 0 Å². The van der Waals surface area contributed by atoms with Gasteiger partial charge in [0.1, 0.15) is 0 Å². The quantitative estimate of drug-likeness (QED) is 0.373. The van der Waals surface area contributed by atoms with Crippen LogP contribution in [0.1, 0.15) is 6.92 Å². The second kappa shape index (κ2) is 8.68. The van der Waals surface area contributed by atoms with Gasteiger partial charge in [0.25, 0.3) is 5.22 Å². The van der Waals surface area contributed by atoms with Crippen LogP contribution in [0.5, 0.6) is 0 Å². The van der Waals surface area contributed by atoms with Crippen molar-refractivity contribution in [2.75, 3.05) is 17.2 Å². The number of hydrogen-bond donors (Lipinski definition) is 0. The highest BCUT2D eigenvalue weighted by Gasteiger charge is 2.18. The number of carbonyl (C=O) groups is 1. The van der Waals surface area contributed by atoms with Crippen LogP contribution in [0.25, 0.3) is 22.2 Å². The lowest BCUT2D eigenvalue weighted by Crippen LogP contribution is -2.32. The van der Waals surface area contributed by atoms with E-state index in [1.165, 1.54) is 11.8 Å². The van der Waals surface area contributed by atoms with Crippen LogP contribution < -0.4 is 4.90 Å². The van der Waals surface area contributed by atoms with Gasteiger partial charge in [0.05, 0.1) is 22.0 Å². The Balaban J connectivity index is 1.50. The Morgan fingerprint density at radius 3 is 2.62 bits per heavy atom. The third-order valence-corrected chi connectivity index (χ3v) is 5.64. The molecule has 0 aliphatic carbocycles. The van der Waals surface area contributed by atoms with Crippen LogP contribution >= 0.6 is 23.4 Å². The van der Waals surface area contributed by atoms with Crippen LogP contribution in [-0.2, 0) is 4.79 Å². The molecular formula is C22H18ClN3O2S. The van der Waals surface area contributed by atoms with E-state index in [2.05, 4.69) is 10.2 Å². The molecular weight excluding hydrogens is 406 g/mol. The van der Waals surface area contributed by atoms with Crippen molar-refractivity contribution in [2.45, 2.75) is 12.1 Å². The molecule has 0 spiro atoms. The third-order valence-electron chi connectivity index (χ3n) is 4.50. The van der Waals surface area contributed by atoms with E-state index in [-0.39, 0.29) is 11.7 Å². The first-order valence-electron chi connectivity index (χ1n) is 9.16. The predicted molar refractivity (Wildman–Crippen MR) is 117 cm³/mol. The number of hydrogen-bond acceptors (Lipinski definition) is 5. The summed E-state index contributed by atoms with van der Waals surface area (Å²) in [6.45, 7) is 2.54. The molecule has 1 heterocycles. The highest BCUT2D eigenvalue weighted by Crippen LogP contribution is 2.30. The van der Waals surface area contributed by atoms with Gasteiger partial charge >= 0.3 is 0 Å². The lowest BCUT2D eigenvalue weighted by Gasteiger charge is -2.22. The molecule has 0 aliphatic heterocycles. The molecule has 0 bridgehead atoms. The number of carbonyl (C=O) groups excluding carboxylic acids is 1. The fourth-order valence-corrected chi connectivity index (χ4v) is 3.99. The van der Waals surface area contributed by atoms with Gasteiger partial charge in [-0.3, -0.25) is 4.79 Å². The summed E-state index contributed by atoms with van der Waals surface area (Å²) < 4.78 is 5.68. The average Bonchev–Trinajstić information content (AvgIpc) is 3.22. The van der Waals surface area contributed by atoms with Crippen molar-refractivity contribution >= 4 is 45.7 Å². The molecule has 0 fully saturated rings. The van der Waals surface area contributed by atoms with Crippen molar-refractivity contribution in [2.24, 2.45) is 0 Å². The summed E-state index contributed by atoms with van der Waals surface area (Å²) in [5.41, 5.74) is 1.57. The Morgan fingerprint density at radius 1 is 1.03 bits per heavy atom. The van der Waals surface area contributed by atoms with Crippen LogP contribution in [-0.4, -0.2) is 28.4 Å². The first-order valence-corrected chi connectivity index (χ1v) is 10.5. The van der Waals surface area contributed by atoms with E-state index in [0.717, 1.165) is 16.5 Å². The van der Waals surface area contributed by atoms with Gasteiger partial charge in [-0.1, -0.05) is 71.9 Å².